The van der Waals surface area contributed by atoms with Crippen molar-refractivity contribution in [3.05, 3.63) is 29.3 Å². The second-order valence-electron chi connectivity index (χ2n) is 5.82. The average molecular weight is 277 g/mol. The van der Waals surface area contributed by atoms with E-state index in [9.17, 15) is 5.11 Å². The maximum absolute atomic E-state index is 10.4. The minimum absolute atomic E-state index is 0.356. The first-order chi connectivity index (χ1) is 9.61. The van der Waals surface area contributed by atoms with Gasteiger partial charge in [-0.25, -0.2) is 0 Å². The van der Waals surface area contributed by atoms with Crippen molar-refractivity contribution in [2.24, 2.45) is 0 Å². The van der Waals surface area contributed by atoms with Gasteiger partial charge in [-0.15, -0.1) is 0 Å². The number of benzene rings is 1. The van der Waals surface area contributed by atoms with E-state index in [1.165, 1.54) is 17.5 Å². The molecule has 0 radical (unpaired) electrons. The largest absolute Gasteiger partial charge is 0.497 e. The van der Waals surface area contributed by atoms with Crippen molar-refractivity contribution in [1.29, 1.82) is 0 Å². The second-order valence-corrected chi connectivity index (χ2v) is 5.82. The minimum Gasteiger partial charge on any atom is -0.497 e. The van der Waals surface area contributed by atoms with Crippen molar-refractivity contribution < 1.29 is 9.84 Å². The monoisotopic (exact) mass is 277 g/mol. The fraction of sp³-hybridized carbons (Fsp3) is 0.647. The molecule has 1 unspecified atom stereocenters. The highest BCUT2D eigenvalue weighted by Crippen LogP contribution is 2.32. The molecule has 1 aromatic rings. The van der Waals surface area contributed by atoms with E-state index >= 15 is 0 Å². The van der Waals surface area contributed by atoms with Gasteiger partial charge in [0.1, 0.15) is 5.75 Å². The van der Waals surface area contributed by atoms with Crippen LogP contribution in [-0.2, 0) is 6.42 Å². The Morgan fingerprint density at radius 2 is 2.10 bits per heavy atom. The Bertz CT molecular complexity index is 441. The summed E-state index contributed by atoms with van der Waals surface area (Å²) < 4.78 is 5.30. The number of fused-ring (bicyclic) bond motifs is 1. The Kier molecular flexibility index (Phi) is 5.06. The predicted octanol–water partition coefficient (Wildman–Crippen LogP) is 3.21. The van der Waals surface area contributed by atoms with Gasteiger partial charge in [0.15, 0.2) is 0 Å². The molecule has 3 heteroatoms. The molecule has 0 heterocycles. The number of aryl methyl sites for hydroxylation is 1. The lowest BCUT2D eigenvalue weighted by Gasteiger charge is -2.32. The minimum atomic E-state index is -0.579. The summed E-state index contributed by atoms with van der Waals surface area (Å²) in [6, 6.07) is 6.70. The van der Waals surface area contributed by atoms with Gasteiger partial charge in [-0.1, -0.05) is 19.9 Å². The Labute approximate surface area is 122 Å². The van der Waals surface area contributed by atoms with Crippen LogP contribution in [0.5, 0.6) is 5.75 Å². The van der Waals surface area contributed by atoms with E-state index in [-0.39, 0.29) is 0 Å². The number of methoxy groups -OCH3 is 1. The van der Waals surface area contributed by atoms with Crippen molar-refractivity contribution in [2.45, 2.75) is 57.6 Å². The molecular formula is C17H27NO2. The van der Waals surface area contributed by atoms with Gasteiger partial charge >= 0.3 is 0 Å². The Morgan fingerprint density at radius 1 is 1.35 bits per heavy atom. The fourth-order valence-corrected chi connectivity index (χ4v) is 2.94. The van der Waals surface area contributed by atoms with Gasteiger partial charge in [0.05, 0.1) is 12.7 Å². The topological polar surface area (TPSA) is 41.5 Å². The third-order valence-corrected chi connectivity index (χ3v) is 4.66. The molecule has 3 nitrogen and oxygen atoms in total. The van der Waals surface area contributed by atoms with Crippen molar-refractivity contribution in [1.82, 2.24) is 5.32 Å². The van der Waals surface area contributed by atoms with Gasteiger partial charge in [-0.2, -0.15) is 0 Å². The lowest BCUT2D eigenvalue weighted by molar-refractivity contribution is 0.0292. The van der Waals surface area contributed by atoms with Gasteiger partial charge < -0.3 is 15.2 Å². The summed E-state index contributed by atoms with van der Waals surface area (Å²) in [5, 5.41) is 14.0. The number of hydrogen-bond donors (Lipinski definition) is 2. The summed E-state index contributed by atoms with van der Waals surface area (Å²) >= 11 is 0. The molecule has 0 fully saturated rings. The molecule has 0 aromatic heterocycles. The van der Waals surface area contributed by atoms with Gasteiger partial charge in [-0.3, -0.25) is 0 Å². The van der Waals surface area contributed by atoms with Crippen LogP contribution in [-0.4, -0.2) is 24.4 Å². The van der Waals surface area contributed by atoms with Crippen LogP contribution in [0.2, 0.25) is 0 Å². The van der Waals surface area contributed by atoms with Crippen molar-refractivity contribution in [2.75, 3.05) is 13.7 Å². The quantitative estimate of drug-likeness (QED) is 0.839. The third-order valence-electron chi connectivity index (χ3n) is 4.66. The number of rotatable bonds is 6. The first-order valence-corrected chi connectivity index (χ1v) is 7.74. The van der Waals surface area contributed by atoms with Gasteiger partial charge in [0.2, 0.25) is 0 Å². The molecule has 1 aromatic carbocycles. The van der Waals surface area contributed by atoms with Crippen molar-refractivity contribution in [3.63, 3.8) is 0 Å². The van der Waals surface area contributed by atoms with E-state index in [1.807, 2.05) is 19.9 Å². The normalized spacial score (nSPS) is 18.7. The average Bonchev–Trinajstić information content (AvgIpc) is 2.51. The fourth-order valence-electron chi connectivity index (χ4n) is 2.94. The van der Waals surface area contributed by atoms with Crippen LogP contribution in [0.1, 0.15) is 56.7 Å². The number of aliphatic hydroxyl groups is 1. The number of ether oxygens (including phenoxy) is 1. The first kappa shape index (κ1) is 15.3. The zero-order chi connectivity index (χ0) is 14.6. The highest BCUT2D eigenvalue weighted by atomic mass is 16.5. The SMILES string of the molecule is CCC(O)(CC)CNC1CCCc2cc(OC)ccc21. The van der Waals surface area contributed by atoms with E-state index in [2.05, 4.69) is 17.4 Å². The molecule has 0 aliphatic heterocycles. The summed E-state index contributed by atoms with van der Waals surface area (Å²) in [4.78, 5) is 0. The van der Waals surface area contributed by atoms with Gasteiger partial charge in [-0.05, 0) is 55.4 Å². The highest BCUT2D eigenvalue weighted by Gasteiger charge is 2.26. The summed E-state index contributed by atoms with van der Waals surface area (Å²) in [6.07, 6.45) is 5.03. The Hall–Kier alpha value is -1.06. The molecule has 1 aliphatic rings. The second kappa shape index (κ2) is 6.59. The van der Waals surface area contributed by atoms with Crippen molar-refractivity contribution in [3.8, 4) is 5.75 Å². The summed E-state index contributed by atoms with van der Waals surface area (Å²) in [5.41, 5.74) is 2.17. The maximum atomic E-state index is 10.4. The Morgan fingerprint density at radius 3 is 2.75 bits per heavy atom. The molecule has 0 saturated heterocycles. The maximum Gasteiger partial charge on any atom is 0.119 e. The van der Waals surface area contributed by atoms with Gasteiger partial charge in [0, 0.05) is 12.6 Å². The third kappa shape index (κ3) is 3.33. The lowest BCUT2D eigenvalue weighted by atomic mass is 9.86. The van der Waals surface area contributed by atoms with Crippen LogP contribution in [0.3, 0.4) is 0 Å². The zero-order valence-corrected chi connectivity index (χ0v) is 12.9. The van der Waals surface area contributed by atoms with Crippen LogP contribution in [0.25, 0.3) is 0 Å². The van der Waals surface area contributed by atoms with E-state index in [1.54, 1.807) is 7.11 Å². The number of nitrogens with one attached hydrogen (secondary N) is 1. The van der Waals surface area contributed by atoms with Crippen LogP contribution in [0, 0.1) is 0 Å². The molecule has 1 atom stereocenters. The van der Waals surface area contributed by atoms with Crippen LogP contribution in [0.15, 0.2) is 18.2 Å². The lowest BCUT2D eigenvalue weighted by Crippen LogP contribution is -2.41. The first-order valence-electron chi connectivity index (χ1n) is 7.74. The van der Waals surface area contributed by atoms with Crippen LogP contribution >= 0.6 is 0 Å². The van der Waals surface area contributed by atoms with E-state index in [4.69, 9.17) is 4.74 Å². The van der Waals surface area contributed by atoms with Crippen LogP contribution < -0.4 is 10.1 Å². The zero-order valence-electron chi connectivity index (χ0n) is 12.9. The molecule has 0 saturated carbocycles. The smallest absolute Gasteiger partial charge is 0.119 e. The molecule has 1 aliphatic carbocycles. The molecule has 0 bridgehead atoms. The Balaban J connectivity index is 2.09. The molecule has 2 rings (SSSR count). The molecule has 20 heavy (non-hydrogen) atoms. The molecular weight excluding hydrogens is 250 g/mol. The van der Waals surface area contributed by atoms with E-state index in [0.29, 0.717) is 12.6 Å². The molecule has 112 valence electrons. The molecule has 0 spiro atoms. The predicted molar refractivity (Wildman–Crippen MR) is 82.2 cm³/mol. The standard InChI is InChI=1S/C17H27NO2/c1-4-17(19,5-2)12-18-16-8-6-7-13-11-14(20-3)9-10-15(13)16/h9-11,16,18-19H,4-8,12H2,1-3H3. The van der Waals surface area contributed by atoms with E-state index in [0.717, 1.165) is 31.4 Å². The number of hydrogen-bond acceptors (Lipinski definition) is 3. The van der Waals surface area contributed by atoms with E-state index < -0.39 is 5.60 Å². The van der Waals surface area contributed by atoms with Gasteiger partial charge in [0.25, 0.3) is 0 Å². The molecule has 0 amide bonds. The van der Waals surface area contributed by atoms with Crippen LogP contribution in [0.4, 0.5) is 0 Å². The summed E-state index contributed by atoms with van der Waals surface area (Å²) in [5.74, 6) is 0.933. The highest BCUT2D eigenvalue weighted by molar-refractivity contribution is 5.39. The van der Waals surface area contributed by atoms with Crippen molar-refractivity contribution >= 4 is 0 Å². The molecule has 2 N–H and O–H groups in total. The summed E-state index contributed by atoms with van der Waals surface area (Å²) in [7, 11) is 1.71. The summed E-state index contributed by atoms with van der Waals surface area (Å²) in [6.45, 7) is 4.76.